The fourth-order valence-electron chi connectivity index (χ4n) is 7.14. The van der Waals surface area contributed by atoms with Crippen LogP contribution in [-0.4, -0.2) is 79.8 Å². The molecule has 0 spiro atoms. The number of halogens is 8. The summed E-state index contributed by atoms with van der Waals surface area (Å²) in [7, 11) is -1.49. The Morgan fingerprint density at radius 3 is 1.57 bits per heavy atom. The molecule has 2 fully saturated rings. The topological polar surface area (TPSA) is 172 Å². The molecule has 0 aromatic carbocycles. The Morgan fingerprint density at radius 2 is 1.09 bits per heavy atom. The van der Waals surface area contributed by atoms with Crippen molar-refractivity contribution in [2.45, 2.75) is 84.1 Å². The molecule has 14 nitrogen and oxygen atoms in total. The summed E-state index contributed by atoms with van der Waals surface area (Å²) in [5.41, 5.74) is 6.08. The zero-order valence-electron chi connectivity index (χ0n) is 36.7. The number of nitrogens with zero attached hydrogens (tertiary/aromatic N) is 10. The summed E-state index contributed by atoms with van der Waals surface area (Å²) in [4.78, 5) is 25.5. The summed E-state index contributed by atoms with van der Waals surface area (Å²) in [6, 6.07) is 16.5. The lowest BCUT2D eigenvalue weighted by Gasteiger charge is -2.22. The standard InChI is InChI=1S/C18H17F3N4O.C9H9BN2O2.C9H7BrN2.C9H10F3IN2O/c1-11-5-6-14-15(23-11)8-12(9-22-14)13-10-25(16-4-2-3-7-26-16)24-17(13)18(19,20)21;1-6-2-3-8-9(12-6)4-7(5-11-8)10(13)14;1-6-2-3-8-9(12-6)4-7(10)5-11-8;10-9(11,12)8-6(13)5-15(14-8)7-3-1-2-4-16-7/h5-6,8-10,16H,2-4,7H2,1H3;2-5,13-14H,1H3;2-5H,1H3;5,7H,1-4H2. The number of alkyl halides is 6. The molecule has 10 heterocycles. The Balaban J connectivity index is 0.000000141. The second-order valence-corrected chi connectivity index (χ2v) is 17.9. The molecule has 2 saturated heterocycles. The van der Waals surface area contributed by atoms with Gasteiger partial charge in [0.15, 0.2) is 11.4 Å². The number of hydrogen-bond donors (Lipinski definition) is 2. The van der Waals surface area contributed by atoms with E-state index in [2.05, 4.69) is 56.0 Å². The molecule has 2 N–H and O–H groups in total. The minimum Gasteiger partial charge on any atom is -0.423 e. The van der Waals surface area contributed by atoms with Gasteiger partial charge in [0, 0.05) is 82.3 Å². The molecule has 2 aliphatic heterocycles. The van der Waals surface area contributed by atoms with Crippen molar-refractivity contribution < 1.29 is 45.9 Å². The van der Waals surface area contributed by atoms with E-state index in [1.54, 1.807) is 47.0 Å². The van der Waals surface area contributed by atoms with E-state index in [0.29, 0.717) is 47.2 Å². The fraction of sp³-hybridized carbons (Fsp3) is 0.333. The molecular formula is C45H43BBrF6IN10O4. The van der Waals surface area contributed by atoms with E-state index in [9.17, 15) is 26.3 Å². The van der Waals surface area contributed by atoms with Gasteiger partial charge in [-0.15, -0.1) is 0 Å². The molecular weight excluding hydrogens is 1080 g/mol. The summed E-state index contributed by atoms with van der Waals surface area (Å²) < 4.78 is 92.7. The highest BCUT2D eigenvalue weighted by Crippen LogP contribution is 2.38. The zero-order chi connectivity index (χ0) is 48.8. The van der Waals surface area contributed by atoms with E-state index in [0.717, 1.165) is 70.2 Å². The highest BCUT2D eigenvalue weighted by atomic mass is 127. The van der Waals surface area contributed by atoms with Crippen LogP contribution in [0, 0.1) is 24.3 Å². The summed E-state index contributed by atoms with van der Waals surface area (Å²) in [5, 5.41) is 25.2. The van der Waals surface area contributed by atoms with Crippen molar-refractivity contribution in [1.82, 2.24) is 49.5 Å². The van der Waals surface area contributed by atoms with E-state index in [1.807, 2.05) is 57.2 Å². The van der Waals surface area contributed by atoms with Gasteiger partial charge in [-0.1, -0.05) is 0 Å². The molecule has 0 saturated carbocycles. The molecule has 8 aromatic heterocycles. The summed E-state index contributed by atoms with van der Waals surface area (Å²) in [5.74, 6) is 0. The molecule has 10 rings (SSSR count). The maximum atomic E-state index is 13.5. The molecule has 0 amide bonds. The number of fused-ring (bicyclic) bond motifs is 3. The first kappa shape index (κ1) is 50.7. The van der Waals surface area contributed by atoms with E-state index in [4.69, 9.17) is 19.5 Å². The van der Waals surface area contributed by atoms with Crippen LogP contribution in [0.15, 0.2) is 90.1 Å². The van der Waals surface area contributed by atoms with Crippen LogP contribution in [0.3, 0.4) is 0 Å². The van der Waals surface area contributed by atoms with E-state index < -0.39 is 37.1 Å². The number of hydrogen-bond acceptors (Lipinski definition) is 12. The van der Waals surface area contributed by atoms with Crippen LogP contribution in [0.1, 0.15) is 79.5 Å². The molecule has 0 bridgehead atoms. The van der Waals surface area contributed by atoms with Crippen molar-refractivity contribution in [1.29, 1.82) is 0 Å². The van der Waals surface area contributed by atoms with Gasteiger partial charge in [0.25, 0.3) is 0 Å². The Kier molecular flexibility index (Phi) is 16.4. The first-order chi connectivity index (χ1) is 32.3. The van der Waals surface area contributed by atoms with Gasteiger partial charge in [0.1, 0.15) is 12.5 Å². The Bertz CT molecular complexity index is 2970. The Labute approximate surface area is 408 Å². The number of ether oxygens (including phenoxy) is 2. The summed E-state index contributed by atoms with van der Waals surface area (Å²) in [6.45, 7) is 6.79. The number of pyridine rings is 6. The molecule has 2 atom stereocenters. The summed E-state index contributed by atoms with van der Waals surface area (Å²) >= 11 is 5.00. The lowest BCUT2D eigenvalue weighted by atomic mass is 9.81. The van der Waals surface area contributed by atoms with Gasteiger partial charge in [-0.2, -0.15) is 36.5 Å². The Hall–Kier alpha value is -5.21. The zero-order valence-corrected chi connectivity index (χ0v) is 40.4. The minimum atomic E-state index is -4.57. The highest BCUT2D eigenvalue weighted by molar-refractivity contribution is 14.1. The van der Waals surface area contributed by atoms with Crippen LogP contribution in [-0.2, 0) is 21.8 Å². The van der Waals surface area contributed by atoms with Gasteiger partial charge >= 0.3 is 19.5 Å². The SMILES string of the molecule is Cc1ccc2ncc(-c3cn(C4CCCCO4)nc3C(F)(F)F)cc2n1.Cc1ccc2ncc(B(O)O)cc2n1.Cc1ccc2ncc(Br)cc2n1.FC(F)(F)c1nn(C2CCCCO2)cc1I. The average molecular weight is 1120 g/mol. The van der Waals surface area contributed by atoms with Crippen molar-refractivity contribution in [2.24, 2.45) is 0 Å². The van der Waals surface area contributed by atoms with Crippen molar-refractivity contribution in [3.8, 4) is 11.1 Å². The van der Waals surface area contributed by atoms with Crippen molar-refractivity contribution in [2.75, 3.05) is 13.2 Å². The molecule has 2 unspecified atom stereocenters. The third kappa shape index (κ3) is 13.1. The van der Waals surface area contributed by atoms with Crippen LogP contribution in [0.2, 0.25) is 0 Å². The van der Waals surface area contributed by atoms with Gasteiger partial charge < -0.3 is 19.5 Å². The van der Waals surface area contributed by atoms with E-state index >= 15 is 0 Å². The quantitative estimate of drug-likeness (QED) is 0.0973. The van der Waals surface area contributed by atoms with Crippen molar-refractivity contribution in [3.05, 3.63) is 122 Å². The van der Waals surface area contributed by atoms with Gasteiger partial charge in [-0.05, 0) is 152 Å². The monoisotopic (exact) mass is 1120 g/mol. The second kappa shape index (κ2) is 22.0. The van der Waals surface area contributed by atoms with E-state index in [-0.39, 0.29) is 15.4 Å². The molecule has 0 aliphatic carbocycles. The first-order valence-corrected chi connectivity index (χ1v) is 23.1. The minimum absolute atomic E-state index is 0.00983. The Morgan fingerprint density at radius 1 is 0.618 bits per heavy atom. The van der Waals surface area contributed by atoms with Crippen LogP contribution < -0.4 is 5.46 Å². The van der Waals surface area contributed by atoms with Crippen LogP contribution in [0.25, 0.3) is 44.2 Å². The number of aryl methyl sites for hydroxylation is 3. The lowest BCUT2D eigenvalue weighted by molar-refractivity contribution is -0.143. The normalized spacial score (nSPS) is 16.3. The van der Waals surface area contributed by atoms with Crippen molar-refractivity contribution >= 4 is 84.2 Å². The predicted octanol–water partition coefficient (Wildman–Crippen LogP) is 10.0. The van der Waals surface area contributed by atoms with Crippen molar-refractivity contribution in [3.63, 3.8) is 0 Å². The van der Waals surface area contributed by atoms with Crippen LogP contribution in [0.5, 0.6) is 0 Å². The first-order valence-electron chi connectivity index (χ1n) is 21.3. The fourth-order valence-corrected chi connectivity index (χ4v) is 8.16. The maximum absolute atomic E-state index is 13.5. The summed E-state index contributed by atoms with van der Waals surface area (Å²) in [6.07, 6.45) is 2.76. The molecule has 23 heteroatoms. The molecule has 356 valence electrons. The van der Waals surface area contributed by atoms with Gasteiger partial charge in [-0.25, -0.2) is 9.36 Å². The highest BCUT2D eigenvalue weighted by Gasteiger charge is 2.39. The van der Waals surface area contributed by atoms with Crippen LogP contribution in [0.4, 0.5) is 26.3 Å². The molecule has 68 heavy (non-hydrogen) atoms. The smallest absolute Gasteiger partial charge is 0.423 e. The second-order valence-electron chi connectivity index (χ2n) is 15.8. The largest absolute Gasteiger partial charge is 0.490 e. The average Bonchev–Trinajstić information content (AvgIpc) is 3.95. The molecule has 0 radical (unpaired) electrons. The maximum Gasteiger partial charge on any atom is 0.490 e. The molecule has 8 aromatic rings. The van der Waals surface area contributed by atoms with Crippen LogP contribution >= 0.6 is 38.5 Å². The molecule has 2 aliphatic rings. The number of aromatic nitrogens is 10. The number of rotatable bonds is 4. The third-order valence-corrected chi connectivity index (χ3v) is 11.7. The van der Waals surface area contributed by atoms with Gasteiger partial charge in [0.2, 0.25) is 0 Å². The van der Waals surface area contributed by atoms with Gasteiger partial charge in [-0.3, -0.25) is 29.9 Å². The van der Waals surface area contributed by atoms with E-state index in [1.165, 1.54) is 34.2 Å². The predicted molar refractivity (Wildman–Crippen MR) is 254 cm³/mol. The third-order valence-electron chi connectivity index (χ3n) is 10.5. The van der Waals surface area contributed by atoms with Gasteiger partial charge in [0.05, 0.1) is 36.7 Å². The lowest BCUT2D eigenvalue weighted by Crippen LogP contribution is -2.30.